The van der Waals surface area contributed by atoms with E-state index in [4.69, 9.17) is 10.5 Å². The first-order chi connectivity index (χ1) is 9.10. The van der Waals surface area contributed by atoms with Crippen LogP contribution in [-0.4, -0.2) is 6.54 Å². The van der Waals surface area contributed by atoms with Crippen LogP contribution in [0, 0.1) is 19.7 Å². The van der Waals surface area contributed by atoms with Gasteiger partial charge in [0.05, 0.1) is 0 Å². The van der Waals surface area contributed by atoms with Crippen molar-refractivity contribution in [1.82, 2.24) is 0 Å². The summed E-state index contributed by atoms with van der Waals surface area (Å²) >= 11 is 0. The number of hydrogen-bond acceptors (Lipinski definition) is 2. The van der Waals surface area contributed by atoms with Gasteiger partial charge in [-0.3, -0.25) is 0 Å². The Morgan fingerprint density at radius 2 is 1.95 bits per heavy atom. The lowest BCUT2D eigenvalue weighted by molar-refractivity contribution is 0.214. The van der Waals surface area contributed by atoms with Crippen molar-refractivity contribution in [1.29, 1.82) is 0 Å². The molecule has 0 fully saturated rings. The van der Waals surface area contributed by atoms with Crippen LogP contribution in [0.2, 0.25) is 0 Å². The lowest BCUT2D eigenvalue weighted by atomic mass is 10.1. The van der Waals surface area contributed by atoms with E-state index in [2.05, 4.69) is 0 Å². The largest absolute Gasteiger partial charge is 0.484 e. The van der Waals surface area contributed by atoms with E-state index in [1.165, 1.54) is 6.07 Å². The molecule has 3 heteroatoms. The van der Waals surface area contributed by atoms with Crippen molar-refractivity contribution in [2.24, 2.45) is 5.73 Å². The molecule has 0 heterocycles. The highest BCUT2D eigenvalue weighted by molar-refractivity contribution is 5.30. The van der Waals surface area contributed by atoms with Crippen molar-refractivity contribution < 1.29 is 9.13 Å². The van der Waals surface area contributed by atoms with Gasteiger partial charge >= 0.3 is 0 Å². The Morgan fingerprint density at radius 1 is 1.16 bits per heavy atom. The highest BCUT2D eigenvalue weighted by Gasteiger charge is 2.13. The predicted molar refractivity (Wildman–Crippen MR) is 74.7 cm³/mol. The van der Waals surface area contributed by atoms with Crippen LogP contribution in [0.15, 0.2) is 42.5 Å². The first-order valence-electron chi connectivity index (χ1n) is 6.29. The molecule has 0 amide bonds. The minimum absolute atomic E-state index is 0.213. The highest BCUT2D eigenvalue weighted by atomic mass is 19.1. The van der Waals surface area contributed by atoms with Crippen molar-refractivity contribution >= 4 is 0 Å². The molecule has 0 aliphatic heterocycles. The number of rotatable bonds is 4. The second kappa shape index (κ2) is 5.85. The number of hydrogen-bond donors (Lipinski definition) is 1. The summed E-state index contributed by atoms with van der Waals surface area (Å²) in [6.45, 7) is 4.09. The Morgan fingerprint density at radius 3 is 2.58 bits per heavy atom. The van der Waals surface area contributed by atoms with Gasteiger partial charge in [-0.15, -0.1) is 0 Å². The topological polar surface area (TPSA) is 35.2 Å². The van der Waals surface area contributed by atoms with E-state index in [-0.39, 0.29) is 11.9 Å². The average molecular weight is 259 g/mol. The maximum absolute atomic E-state index is 13.3. The number of benzene rings is 2. The smallest absolute Gasteiger partial charge is 0.136 e. The summed E-state index contributed by atoms with van der Waals surface area (Å²) in [4.78, 5) is 0. The molecule has 0 aliphatic rings. The van der Waals surface area contributed by atoms with Crippen molar-refractivity contribution in [2.75, 3.05) is 6.54 Å². The maximum atomic E-state index is 13.3. The Kier molecular flexibility index (Phi) is 4.17. The van der Waals surface area contributed by atoms with E-state index < -0.39 is 0 Å². The fraction of sp³-hybridized carbons (Fsp3) is 0.250. The number of aryl methyl sites for hydroxylation is 2. The third-order valence-corrected chi connectivity index (χ3v) is 3.04. The summed E-state index contributed by atoms with van der Waals surface area (Å²) in [5, 5.41) is 0. The van der Waals surface area contributed by atoms with Crippen LogP contribution in [-0.2, 0) is 0 Å². The monoisotopic (exact) mass is 259 g/mol. The highest BCUT2D eigenvalue weighted by Crippen LogP contribution is 2.23. The Bertz CT molecular complexity index is 568. The summed E-state index contributed by atoms with van der Waals surface area (Å²) in [6, 6.07) is 12.7. The van der Waals surface area contributed by atoms with Gasteiger partial charge in [-0.25, -0.2) is 4.39 Å². The van der Waals surface area contributed by atoms with Crippen molar-refractivity contribution in [3.8, 4) is 5.75 Å². The van der Waals surface area contributed by atoms with Gasteiger partial charge in [-0.05, 0) is 54.8 Å². The van der Waals surface area contributed by atoms with Crippen LogP contribution >= 0.6 is 0 Å². The van der Waals surface area contributed by atoms with E-state index in [1.54, 1.807) is 19.1 Å². The van der Waals surface area contributed by atoms with Gasteiger partial charge in [-0.2, -0.15) is 0 Å². The quantitative estimate of drug-likeness (QED) is 0.911. The molecule has 0 saturated carbocycles. The number of ether oxygens (including phenoxy) is 1. The third kappa shape index (κ3) is 3.32. The van der Waals surface area contributed by atoms with Gasteiger partial charge in [0.1, 0.15) is 17.7 Å². The summed E-state index contributed by atoms with van der Waals surface area (Å²) in [5.74, 6) is 0.563. The maximum Gasteiger partial charge on any atom is 0.136 e. The Balaban J connectivity index is 2.22. The standard InChI is InChI=1S/C16H18FNO/c1-11-4-3-5-14(8-11)19-16(10-18)13-6-7-15(17)12(2)9-13/h3-9,16H,10,18H2,1-2H3. The second-order valence-corrected chi connectivity index (χ2v) is 4.67. The van der Waals surface area contributed by atoms with E-state index >= 15 is 0 Å². The van der Waals surface area contributed by atoms with Gasteiger partial charge in [0.15, 0.2) is 0 Å². The molecule has 2 aromatic rings. The average Bonchev–Trinajstić information content (AvgIpc) is 2.39. The second-order valence-electron chi connectivity index (χ2n) is 4.67. The minimum Gasteiger partial charge on any atom is -0.484 e. The molecule has 2 nitrogen and oxygen atoms in total. The van der Waals surface area contributed by atoms with E-state index in [0.29, 0.717) is 12.1 Å². The van der Waals surface area contributed by atoms with Crippen LogP contribution in [0.25, 0.3) is 0 Å². The zero-order valence-corrected chi connectivity index (χ0v) is 11.2. The molecular formula is C16H18FNO. The molecule has 100 valence electrons. The SMILES string of the molecule is Cc1cccc(OC(CN)c2ccc(F)c(C)c2)c1. The Hall–Kier alpha value is -1.87. The normalized spacial score (nSPS) is 12.2. The van der Waals surface area contributed by atoms with Gasteiger partial charge < -0.3 is 10.5 Å². The van der Waals surface area contributed by atoms with Gasteiger partial charge in [-0.1, -0.05) is 18.2 Å². The first kappa shape index (κ1) is 13.6. The third-order valence-electron chi connectivity index (χ3n) is 3.04. The molecule has 0 aliphatic carbocycles. The predicted octanol–water partition coefficient (Wildman–Crippen LogP) is 3.52. The van der Waals surface area contributed by atoms with Gasteiger partial charge in [0.2, 0.25) is 0 Å². The minimum atomic E-state index is -0.263. The Labute approximate surface area is 113 Å². The van der Waals surface area contributed by atoms with Crippen molar-refractivity contribution in [3.05, 3.63) is 65.0 Å². The summed E-state index contributed by atoms with van der Waals surface area (Å²) in [5.41, 5.74) is 8.38. The van der Waals surface area contributed by atoms with Crippen molar-refractivity contribution in [3.63, 3.8) is 0 Å². The molecule has 1 unspecified atom stereocenters. The molecule has 0 radical (unpaired) electrons. The van der Waals surface area contributed by atoms with E-state index in [1.807, 2.05) is 31.2 Å². The molecule has 19 heavy (non-hydrogen) atoms. The van der Waals surface area contributed by atoms with E-state index in [0.717, 1.165) is 16.9 Å². The van der Waals surface area contributed by atoms with Crippen LogP contribution in [0.4, 0.5) is 4.39 Å². The lowest BCUT2D eigenvalue weighted by Crippen LogP contribution is -2.18. The zero-order valence-electron chi connectivity index (χ0n) is 11.2. The molecule has 0 bridgehead atoms. The molecule has 2 N–H and O–H groups in total. The molecule has 0 saturated heterocycles. The molecule has 0 aromatic heterocycles. The summed E-state index contributed by atoms with van der Waals surface area (Å²) < 4.78 is 19.2. The van der Waals surface area contributed by atoms with Crippen molar-refractivity contribution in [2.45, 2.75) is 20.0 Å². The molecule has 1 atom stereocenters. The number of halogens is 1. The zero-order chi connectivity index (χ0) is 13.8. The van der Waals surface area contributed by atoms with Gasteiger partial charge in [0, 0.05) is 6.54 Å². The fourth-order valence-electron chi connectivity index (χ4n) is 1.97. The number of nitrogens with two attached hydrogens (primary N) is 1. The summed E-state index contributed by atoms with van der Waals surface area (Å²) in [7, 11) is 0. The van der Waals surface area contributed by atoms with Crippen LogP contribution in [0.1, 0.15) is 22.8 Å². The van der Waals surface area contributed by atoms with Crippen LogP contribution in [0.3, 0.4) is 0 Å². The van der Waals surface area contributed by atoms with E-state index in [9.17, 15) is 4.39 Å². The molecule has 2 aromatic carbocycles. The first-order valence-corrected chi connectivity index (χ1v) is 6.29. The lowest BCUT2D eigenvalue weighted by Gasteiger charge is -2.18. The van der Waals surface area contributed by atoms with Crippen LogP contribution in [0.5, 0.6) is 5.75 Å². The molecule has 0 spiro atoms. The van der Waals surface area contributed by atoms with Gasteiger partial charge in [0.25, 0.3) is 0 Å². The molecule has 2 rings (SSSR count). The fourth-order valence-corrected chi connectivity index (χ4v) is 1.97. The molecular weight excluding hydrogens is 241 g/mol. The van der Waals surface area contributed by atoms with Crippen LogP contribution < -0.4 is 10.5 Å². The summed E-state index contributed by atoms with van der Waals surface area (Å²) in [6.07, 6.45) is -0.263.